The van der Waals surface area contributed by atoms with Crippen molar-refractivity contribution in [2.75, 3.05) is 11.9 Å². The number of thiazole rings is 1. The Labute approximate surface area is 94.9 Å². The highest BCUT2D eigenvalue weighted by Crippen LogP contribution is 2.23. The molecule has 1 heterocycles. The first-order valence-corrected chi connectivity index (χ1v) is 6.33. The summed E-state index contributed by atoms with van der Waals surface area (Å²) >= 11 is 7.38. The molecule has 0 bridgehead atoms. The Morgan fingerprint density at radius 1 is 1.64 bits per heavy atom. The fourth-order valence-electron chi connectivity index (χ4n) is 1.32. The highest BCUT2D eigenvalue weighted by molar-refractivity contribution is 7.13. The number of halogens is 1. The molecule has 0 N–H and O–H groups in total. The van der Waals surface area contributed by atoms with Gasteiger partial charge < -0.3 is 4.90 Å². The maximum atomic E-state index is 5.71. The summed E-state index contributed by atoms with van der Waals surface area (Å²) in [5.74, 6) is 0.506. The van der Waals surface area contributed by atoms with Crippen molar-refractivity contribution in [2.45, 2.75) is 38.6 Å². The zero-order valence-corrected chi connectivity index (χ0v) is 10.5. The van der Waals surface area contributed by atoms with Crippen molar-refractivity contribution in [3.63, 3.8) is 0 Å². The molecule has 0 radical (unpaired) electrons. The summed E-state index contributed by atoms with van der Waals surface area (Å²) in [5.41, 5.74) is 0.974. The zero-order valence-electron chi connectivity index (χ0n) is 8.96. The van der Waals surface area contributed by atoms with E-state index in [0.29, 0.717) is 11.9 Å². The van der Waals surface area contributed by atoms with Gasteiger partial charge in [0.1, 0.15) is 0 Å². The van der Waals surface area contributed by atoms with Crippen LogP contribution in [0, 0.1) is 0 Å². The van der Waals surface area contributed by atoms with Crippen molar-refractivity contribution < 1.29 is 0 Å². The van der Waals surface area contributed by atoms with E-state index in [1.807, 2.05) is 5.38 Å². The molecule has 4 heteroatoms. The third kappa shape index (κ3) is 2.85. The highest BCUT2D eigenvalue weighted by Gasteiger charge is 2.12. The van der Waals surface area contributed by atoms with E-state index in [0.717, 1.165) is 10.8 Å². The molecule has 0 aromatic carbocycles. The fourth-order valence-corrected chi connectivity index (χ4v) is 2.44. The van der Waals surface area contributed by atoms with Crippen LogP contribution in [0.3, 0.4) is 0 Å². The first-order chi connectivity index (χ1) is 6.69. The highest BCUT2D eigenvalue weighted by atomic mass is 35.5. The second-order valence-corrected chi connectivity index (χ2v) is 4.61. The molecule has 0 aliphatic rings. The number of aromatic nitrogens is 1. The molecular weight excluding hydrogens is 216 g/mol. The first kappa shape index (κ1) is 11.8. The largest absolute Gasteiger partial charge is 0.348 e. The van der Waals surface area contributed by atoms with Crippen LogP contribution >= 0.6 is 22.9 Å². The van der Waals surface area contributed by atoms with Crippen LogP contribution in [-0.2, 0) is 5.88 Å². The van der Waals surface area contributed by atoms with Gasteiger partial charge >= 0.3 is 0 Å². The summed E-state index contributed by atoms with van der Waals surface area (Å²) in [4.78, 5) is 6.67. The zero-order chi connectivity index (χ0) is 10.6. The van der Waals surface area contributed by atoms with Crippen molar-refractivity contribution in [1.82, 2.24) is 4.98 Å². The molecule has 1 aromatic heterocycles. The lowest BCUT2D eigenvalue weighted by molar-refractivity contribution is 0.615. The monoisotopic (exact) mass is 232 g/mol. The molecule has 2 nitrogen and oxygen atoms in total. The average molecular weight is 233 g/mol. The van der Waals surface area contributed by atoms with Crippen molar-refractivity contribution in [3.8, 4) is 0 Å². The lowest BCUT2D eigenvalue weighted by Gasteiger charge is -2.23. The molecule has 0 saturated carbocycles. The van der Waals surface area contributed by atoms with Crippen LogP contribution in [0.1, 0.15) is 32.4 Å². The van der Waals surface area contributed by atoms with Gasteiger partial charge in [-0.2, -0.15) is 0 Å². The van der Waals surface area contributed by atoms with Gasteiger partial charge in [-0.1, -0.05) is 13.3 Å². The van der Waals surface area contributed by atoms with E-state index >= 15 is 0 Å². The molecule has 0 amide bonds. The van der Waals surface area contributed by atoms with Crippen LogP contribution < -0.4 is 4.90 Å². The van der Waals surface area contributed by atoms with Gasteiger partial charge in [-0.3, -0.25) is 0 Å². The number of hydrogen-bond acceptors (Lipinski definition) is 3. The van der Waals surface area contributed by atoms with E-state index in [1.165, 1.54) is 12.8 Å². The maximum absolute atomic E-state index is 5.71. The van der Waals surface area contributed by atoms with Gasteiger partial charge in [-0.05, 0) is 13.3 Å². The van der Waals surface area contributed by atoms with Crippen LogP contribution in [-0.4, -0.2) is 18.1 Å². The first-order valence-electron chi connectivity index (χ1n) is 4.92. The summed E-state index contributed by atoms with van der Waals surface area (Å²) in [7, 11) is 2.09. The van der Waals surface area contributed by atoms with E-state index in [-0.39, 0.29) is 0 Å². The number of anilines is 1. The number of rotatable bonds is 5. The maximum Gasteiger partial charge on any atom is 0.185 e. The van der Waals surface area contributed by atoms with Crippen molar-refractivity contribution in [2.24, 2.45) is 0 Å². The second kappa shape index (κ2) is 5.56. The normalized spacial score (nSPS) is 12.9. The van der Waals surface area contributed by atoms with E-state index in [2.05, 4.69) is 30.8 Å². The van der Waals surface area contributed by atoms with Crippen LogP contribution in [0.4, 0.5) is 5.13 Å². The van der Waals surface area contributed by atoms with Crippen molar-refractivity contribution in [1.29, 1.82) is 0 Å². The van der Waals surface area contributed by atoms with Gasteiger partial charge in [-0.15, -0.1) is 22.9 Å². The third-order valence-electron chi connectivity index (χ3n) is 2.35. The number of nitrogens with zero attached hydrogens (tertiary/aromatic N) is 2. The minimum absolute atomic E-state index is 0.506. The molecule has 0 fully saturated rings. The summed E-state index contributed by atoms with van der Waals surface area (Å²) in [6.07, 6.45) is 2.41. The Bertz CT molecular complexity index is 275. The second-order valence-electron chi connectivity index (χ2n) is 3.50. The van der Waals surface area contributed by atoms with Gasteiger partial charge in [0, 0.05) is 18.5 Å². The molecule has 0 aliphatic heterocycles. The standard InChI is InChI=1S/C10H17ClN2S/c1-4-5-8(2)13(3)10-12-9(6-11)7-14-10/h7-8H,4-6H2,1-3H3. The summed E-state index contributed by atoms with van der Waals surface area (Å²) < 4.78 is 0. The van der Waals surface area contributed by atoms with Gasteiger partial charge in [0.25, 0.3) is 0 Å². The molecule has 80 valence electrons. The van der Waals surface area contributed by atoms with E-state index in [1.54, 1.807) is 11.3 Å². The summed E-state index contributed by atoms with van der Waals surface area (Å²) in [5, 5.41) is 3.10. The topological polar surface area (TPSA) is 16.1 Å². The fraction of sp³-hybridized carbons (Fsp3) is 0.700. The average Bonchev–Trinajstić information content (AvgIpc) is 2.65. The number of hydrogen-bond donors (Lipinski definition) is 0. The molecule has 0 spiro atoms. The molecule has 14 heavy (non-hydrogen) atoms. The Kier molecular flexibility index (Phi) is 4.69. The quantitative estimate of drug-likeness (QED) is 0.723. The SMILES string of the molecule is CCCC(C)N(C)c1nc(CCl)cs1. The minimum Gasteiger partial charge on any atom is -0.348 e. The van der Waals surface area contributed by atoms with Crippen molar-refractivity contribution >= 4 is 28.1 Å². The molecule has 0 aliphatic carbocycles. The van der Waals surface area contributed by atoms with Gasteiger partial charge in [0.05, 0.1) is 11.6 Å². The van der Waals surface area contributed by atoms with E-state index in [4.69, 9.17) is 11.6 Å². The molecular formula is C10H17ClN2S. The van der Waals surface area contributed by atoms with Crippen LogP contribution in [0.25, 0.3) is 0 Å². The lowest BCUT2D eigenvalue weighted by atomic mass is 10.2. The molecule has 1 rings (SSSR count). The predicted octanol–water partition coefficient (Wildman–Crippen LogP) is 3.51. The Morgan fingerprint density at radius 3 is 2.86 bits per heavy atom. The third-order valence-corrected chi connectivity index (χ3v) is 3.60. The Morgan fingerprint density at radius 2 is 2.36 bits per heavy atom. The molecule has 0 saturated heterocycles. The predicted molar refractivity (Wildman–Crippen MR) is 64.4 cm³/mol. The smallest absolute Gasteiger partial charge is 0.185 e. The van der Waals surface area contributed by atoms with Crippen LogP contribution in [0.15, 0.2) is 5.38 Å². The van der Waals surface area contributed by atoms with Crippen LogP contribution in [0.5, 0.6) is 0 Å². The summed E-state index contributed by atoms with van der Waals surface area (Å²) in [6, 6.07) is 0.550. The van der Waals surface area contributed by atoms with Crippen LogP contribution in [0.2, 0.25) is 0 Å². The Hall–Kier alpha value is -0.280. The Balaban J connectivity index is 2.63. The lowest BCUT2D eigenvalue weighted by Crippen LogP contribution is -2.28. The van der Waals surface area contributed by atoms with E-state index < -0.39 is 0 Å². The van der Waals surface area contributed by atoms with Gasteiger partial charge in [-0.25, -0.2) is 4.98 Å². The molecule has 1 unspecified atom stereocenters. The van der Waals surface area contributed by atoms with Crippen molar-refractivity contribution in [3.05, 3.63) is 11.1 Å². The number of alkyl halides is 1. The van der Waals surface area contributed by atoms with Gasteiger partial charge in [0.2, 0.25) is 0 Å². The minimum atomic E-state index is 0.506. The van der Waals surface area contributed by atoms with E-state index in [9.17, 15) is 0 Å². The van der Waals surface area contributed by atoms with Gasteiger partial charge in [0.15, 0.2) is 5.13 Å². The summed E-state index contributed by atoms with van der Waals surface area (Å²) in [6.45, 7) is 4.43. The molecule has 1 atom stereocenters. The molecule has 1 aromatic rings.